The van der Waals surface area contributed by atoms with Crippen LogP contribution in [0, 0.1) is 0 Å². The molecule has 0 amide bonds. The van der Waals surface area contributed by atoms with Gasteiger partial charge in [-0.3, -0.25) is 13.6 Å². The summed E-state index contributed by atoms with van der Waals surface area (Å²) in [6.45, 7) is 5.68. The highest BCUT2D eigenvalue weighted by Crippen LogP contribution is 2.48. The number of halogens is 2. The second kappa shape index (κ2) is 12.6. The van der Waals surface area contributed by atoms with Crippen molar-refractivity contribution in [1.29, 1.82) is 0 Å². The van der Waals surface area contributed by atoms with Crippen LogP contribution in [0.15, 0.2) is 47.4 Å². The Bertz CT molecular complexity index is 1140. The molecule has 10 nitrogen and oxygen atoms in total. The smallest absolute Gasteiger partial charge is 0.384 e. The Morgan fingerprint density at radius 2 is 1.97 bits per heavy atom. The third kappa shape index (κ3) is 8.49. The topological polar surface area (TPSA) is 138 Å². The van der Waals surface area contributed by atoms with E-state index in [2.05, 4.69) is 30.8 Å². The van der Waals surface area contributed by atoms with Crippen molar-refractivity contribution in [2.75, 3.05) is 24.7 Å². The Kier molecular flexibility index (Phi) is 10.2. The molecule has 1 unspecified atom stereocenters. The SMILES string of the molecule is CC(C)(C)SSCCOP(=O)(NCc1ccccc1)OC[C@@H]1O[C@@H](n2ccc(N)nc2=O)C(F)(F)[C@@H]1O. The quantitative estimate of drug-likeness (QED) is 0.192. The first-order valence-electron chi connectivity index (χ1n) is 11.4. The van der Waals surface area contributed by atoms with Gasteiger partial charge in [0.05, 0.1) is 13.2 Å². The van der Waals surface area contributed by atoms with E-state index in [4.69, 9.17) is 19.5 Å². The summed E-state index contributed by atoms with van der Waals surface area (Å²) >= 11 is 0. The van der Waals surface area contributed by atoms with Crippen molar-refractivity contribution in [2.24, 2.45) is 0 Å². The Morgan fingerprint density at radius 3 is 2.62 bits per heavy atom. The van der Waals surface area contributed by atoms with Crippen LogP contribution in [0.2, 0.25) is 0 Å². The number of nitrogens with two attached hydrogens (primary N) is 1. The van der Waals surface area contributed by atoms with Crippen LogP contribution < -0.4 is 16.5 Å². The lowest BCUT2D eigenvalue weighted by atomic mass is 10.1. The van der Waals surface area contributed by atoms with Crippen LogP contribution >= 0.6 is 29.3 Å². The van der Waals surface area contributed by atoms with Crippen molar-refractivity contribution in [3.63, 3.8) is 0 Å². The van der Waals surface area contributed by atoms with Gasteiger partial charge >= 0.3 is 19.4 Å². The zero-order valence-electron chi connectivity index (χ0n) is 20.6. The first kappa shape index (κ1) is 30.0. The summed E-state index contributed by atoms with van der Waals surface area (Å²) in [6, 6.07) is 10.2. The second-order valence-electron chi connectivity index (χ2n) is 9.15. The summed E-state index contributed by atoms with van der Waals surface area (Å²) in [5, 5.41) is 13.0. The van der Waals surface area contributed by atoms with E-state index in [0.717, 1.165) is 17.8 Å². The normalized spacial score (nSPS) is 23.1. The zero-order chi connectivity index (χ0) is 27.3. The third-order valence-electron chi connectivity index (χ3n) is 4.95. The fraction of sp³-hybridized carbons (Fsp3) is 0.545. The number of alkyl halides is 2. The highest BCUT2D eigenvalue weighted by molar-refractivity contribution is 8.77. The fourth-order valence-corrected chi connectivity index (χ4v) is 6.74. The van der Waals surface area contributed by atoms with E-state index >= 15 is 0 Å². The standard InChI is InChI=1S/C22H31F2N4O6PS2/c1-21(2,3)37-36-12-11-32-35(31,26-13-15-7-5-4-6-8-15)33-14-16-18(29)22(23,24)19(34-16)28-10-9-17(25)27-20(28)30/h4-10,16,18-19,29H,11-14H2,1-3H3,(H,26,31)(H2,25,27,30)/t16-,18+,19+,35?/m0/s1. The van der Waals surface area contributed by atoms with E-state index in [1.54, 1.807) is 22.9 Å². The molecule has 1 aromatic carbocycles. The van der Waals surface area contributed by atoms with Crippen molar-refractivity contribution in [3.8, 4) is 0 Å². The molecule has 0 aliphatic carbocycles. The van der Waals surface area contributed by atoms with Gasteiger partial charge < -0.3 is 15.6 Å². The van der Waals surface area contributed by atoms with Gasteiger partial charge in [0.15, 0.2) is 6.10 Å². The van der Waals surface area contributed by atoms with Crippen LogP contribution in [-0.2, 0) is 24.9 Å². The van der Waals surface area contributed by atoms with E-state index in [-0.39, 0.29) is 23.7 Å². The maximum atomic E-state index is 14.8. The van der Waals surface area contributed by atoms with Crippen LogP contribution in [0.25, 0.3) is 0 Å². The molecule has 0 saturated carbocycles. The number of aromatic nitrogens is 2. The summed E-state index contributed by atoms with van der Waals surface area (Å²) in [7, 11) is -0.828. The minimum Gasteiger partial charge on any atom is -0.384 e. The molecular weight excluding hydrogens is 549 g/mol. The number of hydrogen-bond acceptors (Lipinski definition) is 10. The predicted octanol–water partition coefficient (Wildman–Crippen LogP) is 3.83. The van der Waals surface area contributed by atoms with Crippen LogP contribution in [0.4, 0.5) is 14.6 Å². The maximum absolute atomic E-state index is 14.8. The zero-order valence-corrected chi connectivity index (χ0v) is 23.1. The van der Waals surface area contributed by atoms with Gasteiger partial charge in [-0.05, 0) is 11.6 Å². The largest absolute Gasteiger partial charge is 0.405 e. The van der Waals surface area contributed by atoms with Gasteiger partial charge in [0.1, 0.15) is 11.9 Å². The van der Waals surface area contributed by atoms with E-state index in [9.17, 15) is 23.2 Å². The molecule has 37 heavy (non-hydrogen) atoms. The number of anilines is 1. The highest BCUT2D eigenvalue weighted by atomic mass is 33.1. The molecule has 4 atom stereocenters. The Labute approximate surface area is 221 Å². The minimum absolute atomic E-state index is 0.0239. The van der Waals surface area contributed by atoms with Gasteiger partial charge in [0.25, 0.3) is 0 Å². The number of aliphatic hydroxyl groups excluding tert-OH is 1. The van der Waals surface area contributed by atoms with Crippen LogP contribution in [0.3, 0.4) is 0 Å². The van der Waals surface area contributed by atoms with E-state index in [0.29, 0.717) is 10.3 Å². The minimum atomic E-state index is -4.00. The molecule has 1 aromatic heterocycles. The molecule has 0 bridgehead atoms. The lowest BCUT2D eigenvalue weighted by Crippen LogP contribution is -2.42. The molecule has 0 radical (unpaired) electrons. The van der Waals surface area contributed by atoms with E-state index in [1.807, 2.05) is 18.2 Å². The molecule has 3 rings (SSSR count). The molecule has 0 spiro atoms. The van der Waals surface area contributed by atoms with Gasteiger partial charge in [-0.15, -0.1) is 0 Å². The van der Waals surface area contributed by atoms with Crippen LogP contribution in [0.5, 0.6) is 0 Å². The molecule has 2 heterocycles. The predicted molar refractivity (Wildman–Crippen MR) is 140 cm³/mol. The number of nitrogen functional groups attached to an aromatic ring is 1. The molecule has 1 aliphatic rings. The summed E-state index contributed by atoms with van der Waals surface area (Å²) in [6.07, 6.45) is -5.10. The van der Waals surface area contributed by atoms with Crippen LogP contribution in [-0.4, -0.2) is 56.5 Å². The molecule has 206 valence electrons. The molecule has 2 aromatic rings. The summed E-state index contributed by atoms with van der Waals surface area (Å²) < 4.78 is 59.9. The number of ether oxygens (including phenoxy) is 1. The number of hydrogen-bond donors (Lipinski definition) is 3. The van der Waals surface area contributed by atoms with Gasteiger partial charge in [-0.2, -0.15) is 13.8 Å². The molecular formula is C22H31F2N4O6PS2. The number of rotatable bonds is 12. The van der Waals surface area contributed by atoms with Crippen molar-refractivity contribution < 1.29 is 32.2 Å². The van der Waals surface area contributed by atoms with Gasteiger partial charge in [-0.1, -0.05) is 72.7 Å². The molecule has 4 N–H and O–H groups in total. The molecule has 1 aliphatic heterocycles. The van der Waals surface area contributed by atoms with Crippen molar-refractivity contribution in [3.05, 3.63) is 58.6 Å². The number of benzene rings is 1. The van der Waals surface area contributed by atoms with Crippen LogP contribution in [0.1, 0.15) is 32.6 Å². The second-order valence-corrected chi connectivity index (χ2v) is 14.2. The highest BCUT2D eigenvalue weighted by Gasteiger charge is 2.60. The first-order valence-corrected chi connectivity index (χ1v) is 15.2. The average Bonchev–Trinajstić information content (AvgIpc) is 3.05. The summed E-state index contributed by atoms with van der Waals surface area (Å²) in [5.41, 5.74) is 5.15. The lowest BCUT2D eigenvalue weighted by molar-refractivity contribution is -0.140. The monoisotopic (exact) mass is 580 g/mol. The fourth-order valence-electron chi connectivity index (χ4n) is 3.20. The number of aliphatic hydroxyl groups is 1. The molecule has 1 saturated heterocycles. The van der Waals surface area contributed by atoms with E-state index in [1.165, 1.54) is 10.8 Å². The Balaban J connectivity index is 1.67. The van der Waals surface area contributed by atoms with Gasteiger partial charge in [0.2, 0.25) is 6.23 Å². The third-order valence-corrected chi connectivity index (χ3v) is 9.81. The maximum Gasteiger partial charge on any atom is 0.405 e. The summed E-state index contributed by atoms with van der Waals surface area (Å²) in [5.74, 6) is -3.51. The number of nitrogens with one attached hydrogen (secondary N) is 1. The average molecular weight is 581 g/mol. The first-order chi connectivity index (χ1) is 17.3. The molecule has 1 fully saturated rings. The van der Waals surface area contributed by atoms with Gasteiger partial charge in [0, 0.05) is 23.2 Å². The molecule has 15 heteroatoms. The Morgan fingerprint density at radius 1 is 1.27 bits per heavy atom. The number of nitrogens with zero attached hydrogens (tertiary/aromatic N) is 2. The van der Waals surface area contributed by atoms with E-state index < -0.39 is 44.4 Å². The van der Waals surface area contributed by atoms with Crippen molar-refractivity contribution in [1.82, 2.24) is 14.6 Å². The van der Waals surface area contributed by atoms with Crippen molar-refractivity contribution in [2.45, 2.75) is 56.4 Å². The van der Waals surface area contributed by atoms with Crippen molar-refractivity contribution >= 4 is 35.2 Å². The Hall–Kier alpha value is -1.51. The lowest BCUT2D eigenvalue weighted by Gasteiger charge is -2.22. The summed E-state index contributed by atoms with van der Waals surface area (Å²) in [4.78, 5) is 15.5. The van der Waals surface area contributed by atoms with Gasteiger partial charge in [-0.25, -0.2) is 14.4 Å².